The first kappa shape index (κ1) is 15.3. The average molecular weight is 311 g/mol. The smallest absolute Gasteiger partial charge is 0.264 e. The summed E-state index contributed by atoms with van der Waals surface area (Å²) in [5, 5.41) is 9.02. The van der Waals surface area contributed by atoms with Crippen LogP contribution < -0.4 is 9.46 Å². The lowest BCUT2D eigenvalue weighted by molar-refractivity contribution is 0.281. The molecule has 0 aromatic heterocycles. The van der Waals surface area contributed by atoms with E-state index in [0.717, 1.165) is 12.1 Å². The largest absolute Gasteiger partial charge is 0.497 e. The Balaban J connectivity index is 2.38. The monoisotopic (exact) mass is 311 g/mol. The number of halogens is 1. The number of sulfonamides is 1. The lowest BCUT2D eigenvalue weighted by atomic mass is 10.2. The lowest BCUT2D eigenvalue weighted by Crippen LogP contribution is -2.15. The van der Waals surface area contributed by atoms with Crippen LogP contribution in [-0.4, -0.2) is 20.6 Å². The Kier molecular flexibility index (Phi) is 4.44. The van der Waals surface area contributed by atoms with Crippen LogP contribution in [0.1, 0.15) is 5.56 Å². The Morgan fingerprint density at radius 2 is 2.00 bits per heavy atom. The van der Waals surface area contributed by atoms with Gasteiger partial charge in [-0.25, -0.2) is 12.8 Å². The molecule has 0 atom stereocenters. The second-order valence-corrected chi connectivity index (χ2v) is 5.91. The van der Waals surface area contributed by atoms with Crippen LogP contribution in [0, 0.1) is 5.82 Å². The van der Waals surface area contributed by atoms with Crippen LogP contribution in [-0.2, 0) is 16.6 Å². The number of benzene rings is 2. The zero-order chi connectivity index (χ0) is 15.5. The van der Waals surface area contributed by atoms with Gasteiger partial charge in [-0.1, -0.05) is 12.1 Å². The molecule has 5 nitrogen and oxygen atoms in total. The first-order chi connectivity index (χ1) is 9.96. The predicted octanol–water partition coefficient (Wildman–Crippen LogP) is 2.13. The van der Waals surface area contributed by atoms with Crippen LogP contribution in [0.25, 0.3) is 0 Å². The van der Waals surface area contributed by atoms with Gasteiger partial charge >= 0.3 is 0 Å². The fourth-order valence-corrected chi connectivity index (χ4v) is 2.93. The summed E-state index contributed by atoms with van der Waals surface area (Å²) in [6.07, 6.45) is 0. The SMILES string of the molecule is COc1cccc(NS(=O)(=O)c2cc(CO)ccc2F)c1. The van der Waals surface area contributed by atoms with E-state index in [1.165, 1.54) is 25.3 Å². The molecule has 2 aromatic rings. The van der Waals surface area contributed by atoms with E-state index in [1.807, 2.05) is 0 Å². The Morgan fingerprint density at radius 1 is 1.24 bits per heavy atom. The van der Waals surface area contributed by atoms with Crippen LogP contribution in [0.15, 0.2) is 47.4 Å². The molecule has 0 unspecified atom stereocenters. The highest BCUT2D eigenvalue weighted by molar-refractivity contribution is 7.92. The summed E-state index contributed by atoms with van der Waals surface area (Å²) in [7, 11) is -2.64. The van der Waals surface area contributed by atoms with E-state index in [-0.39, 0.29) is 12.3 Å². The molecule has 112 valence electrons. The van der Waals surface area contributed by atoms with E-state index in [2.05, 4.69) is 4.72 Å². The number of methoxy groups -OCH3 is 1. The van der Waals surface area contributed by atoms with Crippen molar-refractivity contribution in [1.82, 2.24) is 0 Å². The summed E-state index contributed by atoms with van der Waals surface area (Å²) in [4.78, 5) is -0.517. The van der Waals surface area contributed by atoms with Gasteiger partial charge in [0, 0.05) is 6.07 Å². The Morgan fingerprint density at radius 3 is 2.67 bits per heavy atom. The number of rotatable bonds is 5. The molecule has 0 saturated carbocycles. The van der Waals surface area contributed by atoms with Gasteiger partial charge in [0.25, 0.3) is 10.0 Å². The van der Waals surface area contributed by atoms with Crippen LogP contribution in [0.2, 0.25) is 0 Å². The van der Waals surface area contributed by atoms with E-state index >= 15 is 0 Å². The predicted molar refractivity (Wildman–Crippen MR) is 76.1 cm³/mol. The zero-order valence-corrected chi connectivity index (χ0v) is 12.0. The summed E-state index contributed by atoms with van der Waals surface area (Å²) in [5.41, 5.74) is 0.561. The maximum atomic E-state index is 13.7. The van der Waals surface area contributed by atoms with Crippen LogP contribution in [0.5, 0.6) is 5.75 Å². The summed E-state index contributed by atoms with van der Waals surface area (Å²) in [5.74, 6) is -0.414. The van der Waals surface area contributed by atoms with Crippen LogP contribution in [0.4, 0.5) is 10.1 Å². The van der Waals surface area contributed by atoms with Gasteiger partial charge in [-0.2, -0.15) is 0 Å². The topological polar surface area (TPSA) is 75.6 Å². The molecule has 21 heavy (non-hydrogen) atoms. The Bertz CT molecular complexity index is 746. The highest BCUT2D eigenvalue weighted by Crippen LogP contribution is 2.22. The third kappa shape index (κ3) is 3.50. The van der Waals surface area contributed by atoms with Crippen LogP contribution in [0.3, 0.4) is 0 Å². The molecule has 2 rings (SSSR count). The summed E-state index contributed by atoms with van der Waals surface area (Å²) < 4.78 is 45.4. The maximum Gasteiger partial charge on any atom is 0.264 e. The number of aliphatic hydroxyl groups is 1. The number of aliphatic hydroxyl groups excluding tert-OH is 1. The minimum Gasteiger partial charge on any atom is -0.497 e. The highest BCUT2D eigenvalue weighted by atomic mass is 32.2. The minimum absolute atomic E-state index is 0.253. The van der Waals surface area contributed by atoms with Crippen molar-refractivity contribution >= 4 is 15.7 Å². The first-order valence-corrected chi connectivity index (χ1v) is 7.51. The first-order valence-electron chi connectivity index (χ1n) is 6.02. The molecule has 2 N–H and O–H groups in total. The molecular weight excluding hydrogens is 297 g/mol. The van der Waals surface area contributed by atoms with Crippen molar-refractivity contribution in [1.29, 1.82) is 0 Å². The Hall–Kier alpha value is -2.12. The molecule has 0 bridgehead atoms. The quantitative estimate of drug-likeness (QED) is 0.887. The third-order valence-electron chi connectivity index (χ3n) is 2.79. The van der Waals surface area contributed by atoms with Gasteiger partial charge < -0.3 is 9.84 Å². The van der Waals surface area contributed by atoms with Gasteiger partial charge in [0.1, 0.15) is 16.5 Å². The van der Waals surface area contributed by atoms with Gasteiger partial charge in [0.05, 0.1) is 19.4 Å². The van der Waals surface area contributed by atoms with Crippen molar-refractivity contribution < 1.29 is 22.7 Å². The van der Waals surface area contributed by atoms with Gasteiger partial charge in [-0.3, -0.25) is 4.72 Å². The second kappa shape index (κ2) is 6.11. The van der Waals surface area contributed by atoms with E-state index in [0.29, 0.717) is 11.3 Å². The third-order valence-corrected chi connectivity index (χ3v) is 4.19. The van der Waals surface area contributed by atoms with Gasteiger partial charge in [-0.15, -0.1) is 0 Å². The molecule has 0 aliphatic heterocycles. The molecule has 2 aromatic carbocycles. The molecule has 7 heteroatoms. The molecule has 0 radical (unpaired) electrons. The minimum atomic E-state index is -4.09. The number of nitrogens with one attached hydrogen (secondary N) is 1. The number of anilines is 1. The summed E-state index contributed by atoms with van der Waals surface area (Å²) in [6.45, 7) is -0.373. The van der Waals surface area contributed by atoms with E-state index < -0.39 is 20.7 Å². The molecule has 0 aliphatic rings. The van der Waals surface area contributed by atoms with E-state index in [1.54, 1.807) is 12.1 Å². The fraction of sp³-hybridized carbons (Fsp3) is 0.143. The van der Waals surface area contributed by atoms with Crippen molar-refractivity contribution in [3.8, 4) is 5.75 Å². The number of hydrogen-bond acceptors (Lipinski definition) is 4. The average Bonchev–Trinajstić information content (AvgIpc) is 2.47. The van der Waals surface area contributed by atoms with Crippen molar-refractivity contribution in [2.24, 2.45) is 0 Å². The normalized spacial score (nSPS) is 11.2. The lowest BCUT2D eigenvalue weighted by Gasteiger charge is -2.10. The van der Waals surface area contributed by atoms with Gasteiger partial charge in [0.15, 0.2) is 0 Å². The standard InChI is InChI=1S/C14H14FNO4S/c1-20-12-4-2-3-11(8-12)16-21(18,19)14-7-10(9-17)5-6-13(14)15/h2-8,16-17H,9H2,1H3. The van der Waals surface area contributed by atoms with Crippen molar-refractivity contribution in [2.45, 2.75) is 11.5 Å². The molecule has 0 heterocycles. The van der Waals surface area contributed by atoms with Crippen molar-refractivity contribution in [2.75, 3.05) is 11.8 Å². The second-order valence-electron chi connectivity index (χ2n) is 4.26. The molecular formula is C14H14FNO4S. The molecule has 0 aliphatic carbocycles. The molecule has 0 amide bonds. The Labute approximate surface area is 122 Å². The molecule has 0 fully saturated rings. The maximum absolute atomic E-state index is 13.7. The highest BCUT2D eigenvalue weighted by Gasteiger charge is 2.20. The molecule has 0 spiro atoms. The summed E-state index contributed by atoms with van der Waals surface area (Å²) in [6, 6.07) is 9.69. The van der Waals surface area contributed by atoms with Gasteiger partial charge in [-0.05, 0) is 29.8 Å². The van der Waals surface area contributed by atoms with Crippen molar-refractivity contribution in [3.63, 3.8) is 0 Å². The van der Waals surface area contributed by atoms with Gasteiger partial charge in [0.2, 0.25) is 0 Å². The molecule has 0 saturated heterocycles. The fourth-order valence-electron chi connectivity index (χ4n) is 1.75. The zero-order valence-electron chi connectivity index (χ0n) is 11.2. The van der Waals surface area contributed by atoms with Crippen molar-refractivity contribution in [3.05, 3.63) is 53.8 Å². The van der Waals surface area contributed by atoms with Crippen LogP contribution >= 0.6 is 0 Å². The van der Waals surface area contributed by atoms with E-state index in [4.69, 9.17) is 9.84 Å². The number of hydrogen-bond donors (Lipinski definition) is 2. The number of ether oxygens (including phenoxy) is 1. The summed E-state index contributed by atoms with van der Waals surface area (Å²) >= 11 is 0. The van der Waals surface area contributed by atoms with E-state index in [9.17, 15) is 12.8 Å².